The number of benzene rings is 1. The maximum atomic E-state index is 12.5. The van der Waals surface area contributed by atoms with Gasteiger partial charge in [0.2, 0.25) is 5.91 Å². The van der Waals surface area contributed by atoms with E-state index in [0.29, 0.717) is 31.9 Å². The van der Waals surface area contributed by atoms with E-state index in [2.05, 4.69) is 27.3 Å². The molecule has 1 aliphatic rings. The van der Waals surface area contributed by atoms with Crippen LogP contribution in [0.4, 0.5) is 0 Å². The number of nitrogens with two attached hydrogens (primary N) is 1. The Kier molecular flexibility index (Phi) is 6.86. The predicted octanol–water partition coefficient (Wildman–Crippen LogP) is 2.50. The van der Waals surface area contributed by atoms with E-state index in [1.54, 1.807) is 7.11 Å². The van der Waals surface area contributed by atoms with Crippen LogP contribution in [0.5, 0.6) is 0 Å². The van der Waals surface area contributed by atoms with Crippen molar-refractivity contribution in [1.82, 2.24) is 5.32 Å². The number of nitrogens with one attached hydrogen (secondary N) is 1. The Bertz CT molecular complexity index is 491. The molecule has 1 fully saturated rings. The molecule has 3 N–H and O–H groups in total. The van der Waals surface area contributed by atoms with Crippen molar-refractivity contribution in [2.45, 2.75) is 31.7 Å². The summed E-state index contributed by atoms with van der Waals surface area (Å²) >= 11 is 3.47. The summed E-state index contributed by atoms with van der Waals surface area (Å²) in [5.41, 5.74) is 7.20. The number of carbonyl (C=O) groups excluding carboxylic acids is 1. The fraction of sp³-hybridized carbons (Fsp3) is 0.588. The summed E-state index contributed by atoms with van der Waals surface area (Å²) in [6.07, 6.45) is 3.82. The van der Waals surface area contributed by atoms with E-state index >= 15 is 0 Å². The number of carbonyl (C=O) groups is 1. The van der Waals surface area contributed by atoms with Crippen molar-refractivity contribution in [1.29, 1.82) is 0 Å². The zero-order valence-corrected chi connectivity index (χ0v) is 14.6. The van der Waals surface area contributed by atoms with E-state index in [-0.39, 0.29) is 17.9 Å². The molecule has 1 aromatic carbocycles. The van der Waals surface area contributed by atoms with Crippen molar-refractivity contribution >= 4 is 21.8 Å². The molecule has 0 radical (unpaired) electrons. The average Bonchev–Trinajstić information content (AvgIpc) is 3.33. The van der Waals surface area contributed by atoms with E-state index in [1.807, 2.05) is 18.2 Å². The van der Waals surface area contributed by atoms with Crippen LogP contribution in [-0.4, -0.2) is 32.2 Å². The minimum atomic E-state index is -0.0827. The molecule has 0 aliphatic heterocycles. The zero-order valence-electron chi connectivity index (χ0n) is 13.1. The first-order valence-electron chi connectivity index (χ1n) is 7.87. The Morgan fingerprint density at radius 2 is 2.27 bits per heavy atom. The van der Waals surface area contributed by atoms with Gasteiger partial charge in [-0.1, -0.05) is 28.1 Å². The topological polar surface area (TPSA) is 64.3 Å². The van der Waals surface area contributed by atoms with Gasteiger partial charge < -0.3 is 15.8 Å². The first-order valence-corrected chi connectivity index (χ1v) is 8.66. The number of hydrogen-bond donors (Lipinski definition) is 2. The lowest BCUT2D eigenvalue weighted by Gasteiger charge is -2.19. The van der Waals surface area contributed by atoms with Crippen LogP contribution in [0.3, 0.4) is 0 Å². The molecule has 0 bridgehead atoms. The molecule has 5 heteroatoms. The highest BCUT2D eigenvalue weighted by molar-refractivity contribution is 9.10. The van der Waals surface area contributed by atoms with Crippen LogP contribution in [-0.2, 0) is 16.0 Å². The third-order valence-corrected chi connectivity index (χ3v) is 4.65. The smallest absolute Gasteiger partial charge is 0.223 e. The summed E-state index contributed by atoms with van der Waals surface area (Å²) in [6, 6.07) is 8.19. The molecular formula is C17H25BrN2O2. The van der Waals surface area contributed by atoms with Crippen LogP contribution in [0, 0.1) is 11.8 Å². The van der Waals surface area contributed by atoms with Crippen LogP contribution in [0.25, 0.3) is 0 Å². The van der Waals surface area contributed by atoms with Gasteiger partial charge in [0.1, 0.15) is 0 Å². The zero-order chi connectivity index (χ0) is 15.9. The molecule has 0 heterocycles. The van der Waals surface area contributed by atoms with Gasteiger partial charge in [0.15, 0.2) is 0 Å². The van der Waals surface area contributed by atoms with E-state index in [9.17, 15) is 4.79 Å². The predicted molar refractivity (Wildman–Crippen MR) is 91.5 cm³/mol. The Balaban J connectivity index is 1.90. The summed E-state index contributed by atoms with van der Waals surface area (Å²) in [5, 5.41) is 3.02. The van der Waals surface area contributed by atoms with E-state index < -0.39 is 0 Å². The summed E-state index contributed by atoms with van der Waals surface area (Å²) in [7, 11) is 1.66. The van der Waals surface area contributed by atoms with Gasteiger partial charge in [-0.15, -0.1) is 0 Å². The van der Waals surface area contributed by atoms with Crippen molar-refractivity contribution in [2.75, 3.05) is 20.3 Å². The highest BCUT2D eigenvalue weighted by Gasteiger charge is 2.29. The molecule has 2 rings (SSSR count). The second-order valence-electron chi connectivity index (χ2n) is 6.06. The molecular weight excluding hydrogens is 344 g/mol. The fourth-order valence-electron chi connectivity index (χ4n) is 2.59. The highest BCUT2D eigenvalue weighted by atomic mass is 79.9. The van der Waals surface area contributed by atoms with Gasteiger partial charge in [0.25, 0.3) is 0 Å². The largest absolute Gasteiger partial charge is 0.385 e. The van der Waals surface area contributed by atoms with E-state index in [0.717, 1.165) is 10.0 Å². The lowest BCUT2D eigenvalue weighted by atomic mass is 9.95. The summed E-state index contributed by atoms with van der Waals surface area (Å²) in [5.74, 6) is 0.594. The van der Waals surface area contributed by atoms with E-state index in [1.165, 1.54) is 12.8 Å². The molecule has 1 aromatic rings. The van der Waals surface area contributed by atoms with Gasteiger partial charge in [-0.25, -0.2) is 0 Å². The SMILES string of the molecule is COCCC(Cc1cccc(Br)c1)C(=O)NCC(N)C1CC1. The average molecular weight is 369 g/mol. The molecule has 4 nitrogen and oxygen atoms in total. The van der Waals surface area contributed by atoms with Gasteiger partial charge in [-0.3, -0.25) is 4.79 Å². The molecule has 122 valence electrons. The van der Waals surface area contributed by atoms with Crippen LogP contribution < -0.4 is 11.1 Å². The van der Waals surface area contributed by atoms with Gasteiger partial charge in [0, 0.05) is 36.7 Å². The standard InChI is InChI=1S/C17H25BrN2O2/c1-22-8-7-14(9-12-3-2-4-15(18)10-12)17(21)20-11-16(19)13-5-6-13/h2-4,10,13-14,16H,5-9,11,19H2,1H3,(H,20,21). The monoisotopic (exact) mass is 368 g/mol. The summed E-state index contributed by atoms with van der Waals surface area (Å²) < 4.78 is 6.18. The number of ether oxygens (including phenoxy) is 1. The Morgan fingerprint density at radius 1 is 1.50 bits per heavy atom. The lowest BCUT2D eigenvalue weighted by Crippen LogP contribution is -2.41. The molecule has 2 atom stereocenters. The Labute approximate surface area is 140 Å². The first kappa shape index (κ1) is 17.4. The molecule has 2 unspecified atom stereocenters. The molecule has 0 saturated heterocycles. The maximum absolute atomic E-state index is 12.5. The van der Waals surface area contributed by atoms with Crippen LogP contribution in [0.1, 0.15) is 24.8 Å². The van der Waals surface area contributed by atoms with Gasteiger partial charge in [-0.2, -0.15) is 0 Å². The van der Waals surface area contributed by atoms with Gasteiger partial charge in [-0.05, 0) is 49.3 Å². The summed E-state index contributed by atoms with van der Waals surface area (Å²) in [4.78, 5) is 12.5. The Hall–Kier alpha value is -0.910. The second-order valence-corrected chi connectivity index (χ2v) is 6.97. The van der Waals surface area contributed by atoms with E-state index in [4.69, 9.17) is 10.5 Å². The van der Waals surface area contributed by atoms with Crippen LogP contribution in [0.15, 0.2) is 28.7 Å². The van der Waals surface area contributed by atoms with Gasteiger partial charge in [0.05, 0.1) is 0 Å². The molecule has 0 spiro atoms. The molecule has 22 heavy (non-hydrogen) atoms. The lowest BCUT2D eigenvalue weighted by molar-refractivity contribution is -0.125. The summed E-state index contributed by atoms with van der Waals surface area (Å²) in [6.45, 7) is 1.16. The molecule has 1 aliphatic carbocycles. The molecule has 0 aromatic heterocycles. The number of halogens is 1. The van der Waals surface area contributed by atoms with Crippen molar-refractivity contribution < 1.29 is 9.53 Å². The Morgan fingerprint density at radius 3 is 2.91 bits per heavy atom. The quantitative estimate of drug-likeness (QED) is 0.703. The number of hydrogen-bond acceptors (Lipinski definition) is 3. The first-order chi connectivity index (χ1) is 10.6. The van der Waals surface area contributed by atoms with Crippen molar-refractivity contribution in [2.24, 2.45) is 17.6 Å². The third kappa shape index (κ3) is 5.71. The maximum Gasteiger partial charge on any atom is 0.223 e. The minimum absolute atomic E-state index is 0.0770. The normalized spacial score (nSPS) is 17.0. The van der Waals surface area contributed by atoms with Crippen molar-refractivity contribution in [3.05, 3.63) is 34.3 Å². The number of rotatable bonds is 9. The molecule has 1 amide bonds. The number of amides is 1. The third-order valence-electron chi connectivity index (χ3n) is 4.15. The second kappa shape index (κ2) is 8.65. The van der Waals surface area contributed by atoms with Gasteiger partial charge >= 0.3 is 0 Å². The van der Waals surface area contributed by atoms with Crippen LogP contribution >= 0.6 is 15.9 Å². The van der Waals surface area contributed by atoms with Crippen molar-refractivity contribution in [3.63, 3.8) is 0 Å². The van der Waals surface area contributed by atoms with Crippen LogP contribution in [0.2, 0.25) is 0 Å². The minimum Gasteiger partial charge on any atom is -0.385 e. The fourth-order valence-corrected chi connectivity index (χ4v) is 3.03. The van der Waals surface area contributed by atoms with Crippen molar-refractivity contribution in [3.8, 4) is 0 Å². The highest BCUT2D eigenvalue weighted by Crippen LogP contribution is 2.31. The molecule has 1 saturated carbocycles. The number of methoxy groups -OCH3 is 1.